The third-order valence-corrected chi connectivity index (χ3v) is 8.55. The molecule has 8 heteroatoms. The normalized spacial score (nSPS) is 14.4. The van der Waals surface area contributed by atoms with Crippen LogP contribution in [0, 0.1) is 12.7 Å². The van der Waals surface area contributed by atoms with Gasteiger partial charge in [0.1, 0.15) is 11.6 Å². The van der Waals surface area contributed by atoms with Crippen molar-refractivity contribution in [2.75, 3.05) is 39.4 Å². The highest BCUT2D eigenvalue weighted by atomic mass is 19.1. The number of para-hydroxylation sites is 1. The molecule has 5 aromatic rings. The predicted octanol–water partition coefficient (Wildman–Crippen LogP) is 5.96. The lowest BCUT2D eigenvalue weighted by Gasteiger charge is -2.34. The molecule has 0 spiro atoms. The molecule has 6 rings (SSSR count). The van der Waals surface area contributed by atoms with E-state index >= 15 is 0 Å². The molecular weight excluding hydrogens is 567 g/mol. The summed E-state index contributed by atoms with van der Waals surface area (Å²) < 4.78 is 21.0. The van der Waals surface area contributed by atoms with Crippen molar-refractivity contribution in [2.45, 2.75) is 26.3 Å². The van der Waals surface area contributed by atoms with Crippen LogP contribution in [0.2, 0.25) is 0 Å². The van der Waals surface area contributed by atoms with E-state index < -0.39 is 11.9 Å². The second-order valence-corrected chi connectivity index (χ2v) is 11.5. The van der Waals surface area contributed by atoms with Crippen molar-refractivity contribution in [1.29, 1.82) is 0 Å². The zero-order valence-electron chi connectivity index (χ0n) is 25.7. The van der Waals surface area contributed by atoms with Crippen LogP contribution in [0.4, 0.5) is 4.39 Å². The van der Waals surface area contributed by atoms with Crippen molar-refractivity contribution in [3.63, 3.8) is 0 Å². The second-order valence-electron chi connectivity index (χ2n) is 11.5. The molecule has 0 N–H and O–H groups in total. The number of ether oxygens (including phenoxy) is 1. The van der Waals surface area contributed by atoms with Gasteiger partial charge in [0.2, 0.25) is 5.91 Å². The Morgan fingerprint density at radius 3 is 2.31 bits per heavy atom. The number of aryl methyl sites for hydroxylation is 1. The van der Waals surface area contributed by atoms with Gasteiger partial charge in [0, 0.05) is 26.2 Å². The number of aromatic nitrogens is 2. The largest absolute Gasteiger partial charge is 0.379 e. The first-order valence-corrected chi connectivity index (χ1v) is 15.4. The van der Waals surface area contributed by atoms with Gasteiger partial charge in [-0.3, -0.25) is 19.1 Å². The monoisotopic (exact) mass is 604 g/mol. The SMILES string of the molecule is Cc1cccc2c(=O)n(-c3ccc(F)cc3)c(C(C)N(CCN3CCOCC3)C(=O)Cc3ccc(-c4ccccc4)cc3)nc12. The van der Waals surface area contributed by atoms with Gasteiger partial charge in [0.25, 0.3) is 5.56 Å². The third kappa shape index (κ3) is 6.72. The standard InChI is InChI=1S/C37H37FN4O3/c1-26-7-6-10-33-35(26)39-36(42(37(33)44)32-17-15-31(38)16-18-32)27(2)41(20-19-40-21-23-45-24-22-40)34(43)25-28-11-13-30(14-12-28)29-8-4-3-5-9-29/h3-18,27H,19-25H2,1-2H3. The maximum Gasteiger partial charge on any atom is 0.266 e. The predicted molar refractivity (Wildman–Crippen MR) is 175 cm³/mol. The Hall–Kier alpha value is -4.66. The number of morpholine rings is 1. The number of benzene rings is 4. The van der Waals surface area contributed by atoms with Gasteiger partial charge in [-0.05, 0) is 66.4 Å². The van der Waals surface area contributed by atoms with Gasteiger partial charge in [-0.25, -0.2) is 9.37 Å². The zero-order valence-corrected chi connectivity index (χ0v) is 25.7. The number of halogens is 1. The Labute approximate surface area is 262 Å². The summed E-state index contributed by atoms with van der Waals surface area (Å²) in [7, 11) is 0. The molecule has 1 fully saturated rings. The minimum absolute atomic E-state index is 0.0620. The zero-order chi connectivity index (χ0) is 31.3. The van der Waals surface area contributed by atoms with Crippen molar-refractivity contribution in [3.8, 4) is 16.8 Å². The number of rotatable bonds is 9. The lowest BCUT2D eigenvalue weighted by atomic mass is 10.0. The van der Waals surface area contributed by atoms with Gasteiger partial charge in [0.15, 0.2) is 0 Å². The van der Waals surface area contributed by atoms with E-state index in [-0.39, 0.29) is 17.9 Å². The average Bonchev–Trinajstić information content (AvgIpc) is 3.07. The minimum atomic E-state index is -0.552. The molecule has 1 atom stereocenters. The number of amides is 1. The van der Waals surface area contributed by atoms with Crippen LogP contribution in [0.5, 0.6) is 0 Å². The van der Waals surface area contributed by atoms with E-state index in [2.05, 4.69) is 17.0 Å². The maximum absolute atomic E-state index is 14.2. The molecule has 0 radical (unpaired) electrons. The lowest BCUT2D eigenvalue weighted by Crippen LogP contribution is -2.45. The summed E-state index contributed by atoms with van der Waals surface area (Å²) in [6.45, 7) is 7.87. The Kier molecular flexibility index (Phi) is 9.14. The molecule has 0 bridgehead atoms. The van der Waals surface area contributed by atoms with Gasteiger partial charge in [-0.1, -0.05) is 66.7 Å². The molecule has 1 aliphatic rings. The van der Waals surface area contributed by atoms with Gasteiger partial charge in [0.05, 0.1) is 42.3 Å². The number of hydrogen-bond donors (Lipinski definition) is 0. The topological polar surface area (TPSA) is 67.7 Å². The molecule has 0 saturated carbocycles. The number of carbonyl (C=O) groups is 1. The highest BCUT2D eigenvalue weighted by Gasteiger charge is 2.28. The van der Waals surface area contributed by atoms with Crippen LogP contribution in [0.25, 0.3) is 27.7 Å². The molecular formula is C37H37FN4O3. The molecule has 45 heavy (non-hydrogen) atoms. The van der Waals surface area contributed by atoms with E-state index in [1.54, 1.807) is 18.2 Å². The minimum Gasteiger partial charge on any atom is -0.379 e. The maximum atomic E-state index is 14.2. The summed E-state index contributed by atoms with van der Waals surface area (Å²) in [6.07, 6.45) is 0.204. The fraction of sp³-hybridized carbons (Fsp3) is 0.270. The van der Waals surface area contributed by atoms with E-state index in [0.29, 0.717) is 48.7 Å². The van der Waals surface area contributed by atoms with Crippen molar-refractivity contribution in [3.05, 3.63) is 130 Å². The molecule has 4 aromatic carbocycles. The van der Waals surface area contributed by atoms with Crippen LogP contribution in [0.15, 0.2) is 102 Å². The Morgan fingerprint density at radius 2 is 1.60 bits per heavy atom. The number of carbonyl (C=O) groups excluding carboxylic acids is 1. The Bertz CT molecular complexity index is 1830. The summed E-state index contributed by atoms with van der Waals surface area (Å²) in [6, 6.07) is 29.0. The van der Waals surface area contributed by atoms with Gasteiger partial charge >= 0.3 is 0 Å². The Balaban J connectivity index is 1.37. The van der Waals surface area contributed by atoms with Crippen molar-refractivity contribution in [2.24, 2.45) is 0 Å². The molecule has 1 aromatic heterocycles. The van der Waals surface area contributed by atoms with Gasteiger partial charge in [-0.15, -0.1) is 0 Å². The molecule has 230 valence electrons. The molecule has 1 amide bonds. The molecule has 2 heterocycles. The first-order valence-electron chi connectivity index (χ1n) is 15.4. The molecule has 1 aliphatic heterocycles. The Morgan fingerprint density at radius 1 is 0.911 bits per heavy atom. The molecule has 1 unspecified atom stereocenters. The summed E-state index contributed by atoms with van der Waals surface area (Å²) in [4.78, 5) is 37.4. The summed E-state index contributed by atoms with van der Waals surface area (Å²) in [5.41, 5.74) is 4.82. The smallest absolute Gasteiger partial charge is 0.266 e. The fourth-order valence-corrected chi connectivity index (χ4v) is 5.96. The summed E-state index contributed by atoms with van der Waals surface area (Å²) in [5.74, 6) is -0.0252. The van der Waals surface area contributed by atoms with E-state index in [9.17, 15) is 14.0 Å². The molecule has 7 nitrogen and oxygen atoms in total. The fourth-order valence-electron chi connectivity index (χ4n) is 5.96. The van der Waals surface area contributed by atoms with Crippen LogP contribution >= 0.6 is 0 Å². The summed E-state index contributed by atoms with van der Waals surface area (Å²) >= 11 is 0. The third-order valence-electron chi connectivity index (χ3n) is 8.55. The van der Waals surface area contributed by atoms with Crippen LogP contribution in [-0.2, 0) is 16.0 Å². The lowest BCUT2D eigenvalue weighted by molar-refractivity contribution is -0.133. The van der Waals surface area contributed by atoms with Gasteiger partial charge < -0.3 is 9.64 Å². The number of fused-ring (bicyclic) bond motifs is 1. The van der Waals surface area contributed by atoms with Crippen molar-refractivity contribution in [1.82, 2.24) is 19.4 Å². The second kappa shape index (κ2) is 13.5. The number of hydrogen-bond acceptors (Lipinski definition) is 5. The van der Waals surface area contributed by atoms with Crippen molar-refractivity contribution < 1.29 is 13.9 Å². The highest BCUT2D eigenvalue weighted by molar-refractivity contribution is 5.82. The van der Waals surface area contributed by atoms with Gasteiger partial charge in [-0.2, -0.15) is 0 Å². The highest BCUT2D eigenvalue weighted by Crippen LogP contribution is 2.26. The van der Waals surface area contributed by atoms with E-state index in [1.807, 2.05) is 73.3 Å². The van der Waals surface area contributed by atoms with Crippen LogP contribution in [-0.4, -0.2) is 64.7 Å². The van der Waals surface area contributed by atoms with Crippen LogP contribution < -0.4 is 5.56 Å². The molecule has 1 saturated heterocycles. The van der Waals surface area contributed by atoms with Crippen molar-refractivity contribution >= 4 is 16.8 Å². The quantitative estimate of drug-likeness (QED) is 0.208. The van der Waals surface area contributed by atoms with Crippen LogP contribution in [0.3, 0.4) is 0 Å². The molecule has 0 aliphatic carbocycles. The van der Waals surface area contributed by atoms with E-state index in [4.69, 9.17) is 9.72 Å². The first-order chi connectivity index (χ1) is 21.9. The van der Waals surface area contributed by atoms with E-state index in [0.717, 1.165) is 35.3 Å². The van der Waals surface area contributed by atoms with E-state index in [1.165, 1.54) is 16.7 Å². The average molecular weight is 605 g/mol. The first kappa shape index (κ1) is 30.4. The van der Waals surface area contributed by atoms with Crippen LogP contribution in [0.1, 0.15) is 29.9 Å². The number of nitrogens with zero attached hydrogens (tertiary/aromatic N) is 4. The summed E-state index contributed by atoms with van der Waals surface area (Å²) in [5, 5.41) is 0.472.